The monoisotopic (exact) mass is 274 g/mol. The van der Waals surface area contributed by atoms with Gasteiger partial charge in [-0.05, 0) is 36.8 Å². The van der Waals surface area contributed by atoms with Crippen molar-refractivity contribution in [3.63, 3.8) is 0 Å². The van der Waals surface area contributed by atoms with Crippen LogP contribution in [0.3, 0.4) is 0 Å². The van der Waals surface area contributed by atoms with Crippen molar-refractivity contribution in [1.29, 1.82) is 0 Å². The van der Waals surface area contributed by atoms with E-state index in [1.165, 1.54) is 0 Å². The summed E-state index contributed by atoms with van der Waals surface area (Å²) >= 11 is 3.21. The Kier molecular flexibility index (Phi) is 4.50. The van der Waals surface area contributed by atoms with E-state index in [9.17, 15) is 4.79 Å². The molecule has 92 valence electrons. The Labute approximate surface area is 116 Å². The molecule has 0 unspecified atom stereocenters. The number of carbonyl (C=O) groups is 1. The SMILES string of the molecule is CSc1ccccc1C(=O)c1ccccc1SC. The number of benzene rings is 2. The van der Waals surface area contributed by atoms with E-state index in [0.717, 1.165) is 20.9 Å². The van der Waals surface area contributed by atoms with Gasteiger partial charge in [-0.1, -0.05) is 24.3 Å². The van der Waals surface area contributed by atoms with Gasteiger partial charge in [-0.2, -0.15) is 0 Å². The van der Waals surface area contributed by atoms with Gasteiger partial charge in [0.05, 0.1) is 0 Å². The van der Waals surface area contributed by atoms with Gasteiger partial charge in [-0.15, -0.1) is 23.5 Å². The van der Waals surface area contributed by atoms with Gasteiger partial charge in [0.15, 0.2) is 5.78 Å². The summed E-state index contributed by atoms with van der Waals surface area (Å²) in [5, 5.41) is 0. The fourth-order valence-corrected chi connectivity index (χ4v) is 3.00. The van der Waals surface area contributed by atoms with Gasteiger partial charge in [0.25, 0.3) is 0 Å². The fraction of sp³-hybridized carbons (Fsp3) is 0.133. The van der Waals surface area contributed by atoms with Gasteiger partial charge in [0.1, 0.15) is 0 Å². The Hall–Kier alpha value is -1.19. The molecule has 0 amide bonds. The second-order valence-electron chi connectivity index (χ2n) is 3.73. The van der Waals surface area contributed by atoms with Gasteiger partial charge >= 0.3 is 0 Å². The maximum atomic E-state index is 12.6. The standard InChI is InChI=1S/C15H14OS2/c1-17-13-9-5-3-7-11(13)15(16)12-8-4-6-10-14(12)18-2/h3-10H,1-2H3. The number of hydrogen-bond acceptors (Lipinski definition) is 3. The van der Waals surface area contributed by atoms with Crippen LogP contribution in [-0.2, 0) is 0 Å². The van der Waals surface area contributed by atoms with E-state index in [0.29, 0.717) is 0 Å². The van der Waals surface area contributed by atoms with Crippen LogP contribution in [0.2, 0.25) is 0 Å². The molecule has 0 fully saturated rings. The van der Waals surface area contributed by atoms with Crippen LogP contribution in [-0.4, -0.2) is 18.3 Å². The van der Waals surface area contributed by atoms with E-state index in [1.54, 1.807) is 23.5 Å². The van der Waals surface area contributed by atoms with Crippen molar-refractivity contribution in [3.8, 4) is 0 Å². The summed E-state index contributed by atoms with van der Waals surface area (Å²) in [5.74, 6) is 0.102. The van der Waals surface area contributed by atoms with Crippen LogP contribution in [0.4, 0.5) is 0 Å². The lowest BCUT2D eigenvalue weighted by Crippen LogP contribution is -2.04. The minimum atomic E-state index is 0.102. The third kappa shape index (κ3) is 2.62. The molecule has 0 N–H and O–H groups in total. The van der Waals surface area contributed by atoms with E-state index in [1.807, 2.05) is 61.0 Å². The first-order valence-electron chi connectivity index (χ1n) is 5.58. The maximum absolute atomic E-state index is 12.6. The quantitative estimate of drug-likeness (QED) is 0.609. The summed E-state index contributed by atoms with van der Waals surface area (Å²) in [6.45, 7) is 0. The lowest BCUT2D eigenvalue weighted by molar-refractivity contribution is 0.103. The number of ketones is 1. The maximum Gasteiger partial charge on any atom is 0.195 e. The number of carbonyl (C=O) groups excluding carboxylic acids is 1. The predicted octanol–water partition coefficient (Wildman–Crippen LogP) is 4.36. The average molecular weight is 274 g/mol. The van der Waals surface area contributed by atoms with Crippen LogP contribution in [0, 0.1) is 0 Å². The minimum absolute atomic E-state index is 0.102. The lowest BCUT2D eigenvalue weighted by Gasteiger charge is -2.09. The molecule has 0 atom stereocenters. The highest BCUT2D eigenvalue weighted by atomic mass is 32.2. The largest absolute Gasteiger partial charge is 0.289 e. The highest BCUT2D eigenvalue weighted by Crippen LogP contribution is 2.27. The van der Waals surface area contributed by atoms with E-state index in [-0.39, 0.29) is 5.78 Å². The molecule has 0 saturated heterocycles. The molecule has 0 bridgehead atoms. The molecule has 0 heterocycles. The number of hydrogen-bond donors (Lipinski definition) is 0. The lowest BCUT2D eigenvalue weighted by atomic mass is 10.0. The molecule has 18 heavy (non-hydrogen) atoms. The van der Waals surface area contributed by atoms with Crippen molar-refractivity contribution in [2.45, 2.75) is 9.79 Å². The molecule has 1 nitrogen and oxygen atoms in total. The van der Waals surface area contributed by atoms with Gasteiger partial charge in [-0.3, -0.25) is 4.79 Å². The normalized spacial score (nSPS) is 10.3. The fourth-order valence-electron chi connectivity index (χ4n) is 1.81. The number of rotatable bonds is 4. The molecule has 2 aromatic carbocycles. The van der Waals surface area contributed by atoms with Crippen LogP contribution in [0.1, 0.15) is 15.9 Å². The average Bonchev–Trinajstić information content (AvgIpc) is 2.46. The van der Waals surface area contributed by atoms with Crippen molar-refractivity contribution < 1.29 is 4.79 Å². The molecule has 0 aromatic heterocycles. The molecule has 2 rings (SSSR count). The zero-order chi connectivity index (χ0) is 13.0. The van der Waals surface area contributed by atoms with Gasteiger partial charge in [0.2, 0.25) is 0 Å². The second-order valence-corrected chi connectivity index (χ2v) is 5.43. The highest BCUT2D eigenvalue weighted by Gasteiger charge is 2.15. The third-order valence-electron chi connectivity index (χ3n) is 2.70. The molecule has 0 aliphatic carbocycles. The summed E-state index contributed by atoms with van der Waals surface area (Å²) in [6, 6.07) is 15.5. The Morgan fingerprint density at radius 1 is 0.778 bits per heavy atom. The second kappa shape index (κ2) is 6.12. The summed E-state index contributed by atoms with van der Waals surface area (Å²) in [6.07, 6.45) is 3.99. The van der Waals surface area contributed by atoms with Crippen molar-refractivity contribution in [2.75, 3.05) is 12.5 Å². The van der Waals surface area contributed by atoms with Crippen molar-refractivity contribution >= 4 is 29.3 Å². The van der Waals surface area contributed by atoms with Crippen LogP contribution in [0.25, 0.3) is 0 Å². The van der Waals surface area contributed by atoms with Crippen LogP contribution in [0.15, 0.2) is 58.3 Å². The molecule has 3 heteroatoms. The summed E-state index contributed by atoms with van der Waals surface area (Å²) in [7, 11) is 0. The predicted molar refractivity (Wildman–Crippen MR) is 79.9 cm³/mol. The summed E-state index contributed by atoms with van der Waals surface area (Å²) in [5.41, 5.74) is 1.57. The van der Waals surface area contributed by atoms with Gasteiger partial charge in [0, 0.05) is 20.9 Å². The van der Waals surface area contributed by atoms with Crippen molar-refractivity contribution in [2.24, 2.45) is 0 Å². The highest BCUT2D eigenvalue weighted by molar-refractivity contribution is 7.99. The Morgan fingerprint density at radius 3 is 1.56 bits per heavy atom. The Morgan fingerprint density at radius 2 is 1.17 bits per heavy atom. The van der Waals surface area contributed by atoms with Crippen LogP contribution in [0.5, 0.6) is 0 Å². The topological polar surface area (TPSA) is 17.1 Å². The molecular weight excluding hydrogens is 260 g/mol. The van der Waals surface area contributed by atoms with Gasteiger partial charge < -0.3 is 0 Å². The molecular formula is C15H14OS2. The zero-order valence-electron chi connectivity index (χ0n) is 10.3. The van der Waals surface area contributed by atoms with E-state index < -0.39 is 0 Å². The van der Waals surface area contributed by atoms with E-state index >= 15 is 0 Å². The van der Waals surface area contributed by atoms with E-state index in [4.69, 9.17) is 0 Å². The van der Waals surface area contributed by atoms with Crippen LogP contribution >= 0.6 is 23.5 Å². The first-order valence-corrected chi connectivity index (χ1v) is 8.03. The smallest absolute Gasteiger partial charge is 0.195 e. The van der Waals surface area contributed by atoms with Crippen molar-refractivity contribution in [3.05, 3.63) is 59.7 Å². The summed E-state index contributed by atoms with van der Waals surface area (Å²) in [4.78, 5) is 14.6. The molecule has 0 aliphatic heterocycles. The molecule has 0 radical (unpaired) electrons. The first-order chi connectivity index (χ1) is 8.77. The molecule has 2 aromatic rings. The van der Waals surface area contributed by atoms with Crippen LogP contribution < -0.4 is 0 Å². The van der Waals surface area contributed by atoms with E-state index in [2.05, 4.69) is 0 Å². The minimum Gasteiger partial charge on any atom is -0.289 e. The molecule has 0 aliphatic rings. The Balaban J connectivity index is 2.48. The Bertz CT molecular complexity index is 514. The van der Waals surface area contributed by atoms with Crippen molar-refractivity contribution in [1.82, 2.24) is 0 Å². The third-order valence-corrected chi connectivity index (χ3v) is 4.29. The first kappa shape index (κ1) is 13.2. The number of thioether (sulfide) groups is 2. The zero-order valence-corrected chi connectivity index (χ0v) is 12.0. The molecule has 0 saturated carbocycles. The molecule has 0 spiro atoms. The van der Waals surface area contributed by atoms with Gasteiger partial charge in [-0.25, -0.2) is 0 Å². The summed E-state index contributed by atoms with van der Waals surface area (Å²) < 4.78 is 0.